The van der Waals surface area contributed by atoms with Crippen LogP contribution in [0.4, 0.5) is 0 Å². The van der Waals surface area contributed by atoms with Crippen LogP contribution in [0.5, 0.6) is 0 Å². The number of ether oxygens (including phenoxy) is 1. The molecule has 0 amide bonds. The molecule has 0 radical (unpaired) electrons. The van der Waals surface area contributed by atoms with Gasteiger partial charge in [-0.25, -0.2) is 0 Å². The minimum atomic E-state index is -1.00. The molecule has 3 N–H and O–H groups in total. The van der Waals surface area contributed by atoms with Crippen molar-refractivity contribution < 1.29 is 24.9 Å². The van der Waals surface area contributed by atoms with E-state index < -0.39 is 18.3 Å². The van der Waals surface area contributed by atoms with Crippen molar-refractivity contribution in [3.05, 3.63) is 47.5 Å². The average Bonchev–Trinajstić information content (AvgIpc) is 2.70. The van der Waals surface area contributed by atoms with Crippen molar-refractivity contribution in [3.8, 4) is 0 Å². The van der Waals surface area contributed by atoms with Crippen LogP contribution in [-0.4, -0.2) is 46.7 Å². The van der Waals surface area contributed by atoms with Gasteiger partial charge in [0.1, 0.15) is 0 Å². The standard InChI is InChI=1S/C23H34O5/c1-3-4-5-10-20(24)15-13-18-8-6-9-19(17-18)14-16-22(26)21(25)11-7-12-23(27)28-2/h6,8-9,13-17,20-22,24-26H,3-5,7,10-12H2,1-2H3/t20-,21+,22-/m1/s1. The summed E-state index contributed by atoms with van der Waals surface area (Å²) in [6.45, 7) is 2.14. The zero-order valence-corrected chi connectivity index (χ0v) is 17.0. The highest BCUT2D eigenvalue weighted by atomic mass is 16.5. The number of esters is 1. The molecule has 3 atom stereocenters. The normalized spacial score (nSPS) is 15.0. The van der Waals surface area contributed by atoms with Crippen LogP contribution in [0, 0.1) is 0 Å². The maximum absolute atomic E-state index is 11.1. The Morgan fingerprint density at radius 3 is 2.36 bits per heavy atom. The van der Waals surface area contributed by atoms with Crippen molar-refractivity contribution >= 4 is 18.1 Å². The summed E-state index contributed by atoms with van der Waals surface area (Å²) in [5, 5.41) is 30.0. The molecule has 28 heavy (non-hydrogen) atoms. The number of hydrogen-bond acceptors (Lipinski definition) is 5. The van der Waals surface area contributed by atoms with Crippen molar-refractivity contribution in [1.82, 2.24) is 0 Å². The van der Waals surface area contributed by atoms with E-state index in [-0.39, 0.29) is 12.4 Å². The highest BCUT2D eigenvalue weighted by Crippen LogP contribution is 2.13. The lowest BCUT2D eigenvalue weighted by atomic mass is 10.0. The lowest BCUT2D eigenvalue weighted by Gasteiger charge is -2.14. The van der Waals surface area contributed by atoms with Crippen molar-refractivity contribution in [2.45, 2.75) is 70.2 Å². The summed E-state index contributed by atoms with van der Waals surface area (Å²) in [6.07, 6.45) is 9.68. The molecule has 0 bridgehead atoms. The Morgan fingerprint density at radius 1 is 1.04 bits per heavy atom. The third kappa shape index (κ3) is 10.4. The number of rotatable bonds is 13. The highest BCUT2D eigenvalue weighted by Gasteiger charge is 2.13. The largest absolute Gasteiger partial charge is 0.469 e. The first-order valence-corrected chi connectivity index (χ1v) is 10.0. The van der Waals surface area contributed by atoms with Crippen molar-refractivity contribution in [2.24, 2.45) is 0 Å². The van der Waals surface area contributed by atoms with Gasteiger partial charge in [-0.1, -0.05) is 68.7 Å². The van der Waals surface area contributed by atoms with E-state index in [1.807, 2.05) is 30.3 Å². The van der Waals surface area contributed by atoms with Gasteiger partial charge in [0, 0.05) is 6.42 Å². The van der Waals surface area contributed by atoms with Crippen LogP contribution in [0.1, 0.15) is 63.0 Å². The third-order valence-corrected chi connectivity index (χ3v) is 4.51. The monoisotopic (exact) mass is 390 g/mol. The van der Waals surface area contributed by atoms with Gasteiger partial charge in [0.2, 0.25) is 0 Å². The van der Waals surface area contributed by atoms with Crippen LogP contribution in [0.25, 0.3) is 12.2 Å². The van der Waals surface area contributed by atoms with Crippen LogP contribution in [-0.2, 0) is 9.53 Å². The fourth-order valence-corrected chi connectivity index (χ4v) is 2.75. The average molecular weight is 391 g/mol. The molecule has 0 aliphatic rings. The maximum Gasteiger partial charge on any atom is 0.305 e. The third-order valence-electron chi connectivity index (χ3n) is 4.51. The number of carbonyl (C=O) groups excluding carboxylic acids is 1. The minimum Gasteiger partial charge on any atom is -0.469 e. The minimum absolute atomic E-state index is 0.225. The van der Waals surface area contributed by atoms with Gasteiger partial charge >= 0.3 is 5.97 Å². The molecule has 156 valence electrons. The second kappa shape index (κ2) is 14.1. The second-order valence-corrected chi connectivity index (χ2v) is 6.98. The number of benzene rings is 1. The molecule has 1 rings (SSSR count). The smallest absolute Gasteiger partial charge is 0.305 e. The first kappa shape index (κ1) is 24.1. The summed E-state index contributed by atoms with van der Waals surface area (Å²) in [4.78, 5) is 11.1. The summed E-state index contributed by atoms with van der Waals surface area (Å²) < 4.78 is 4.55. The molecule has 0 aliphatic heterocycles. The zero-order chi connectivity index (χ0) is 20.8. The molecule has 5 nitrogen and oxygen atoms in total. The molecule has 1 aromatic carbocycles. The van der Waals surface area contributed by atoms with E-state index in [9.17, 15) is 20.1 Å². The van der Waals surface area contributed by atoms with E-state index in [0.717, 1.165) is 36.8 Å². The number of hydrogen-bond donors (Lipinski definition) is 3. The van der Waals surface area contributed by atoms with Gasteiger partial charge in [-0.05, 0) is 36.5 Å². The van der Waals surface area contributed by atoms with E-state index in [4.69, 9.17) is 0 Å². The molecular weight excluding hydrogens is 356 g/mol. The molecule has 0 heterocycles. The van der Waals surface area contributed by atoms with E-state index in [1.165, 1.54) is 7.11 Å². The van der Waals surface area contributed by atoms with Crippen molar-refractivity contribution in [1.29, 1.82) is 0 Å². The Bertz CT molecular complexity index is 623. The fourth-order valence-electron chi connectivity index (χ4n) is 2.75. The first-order valence-electron chi connectivity index (χ1n) is 10.0. The number of unbranched alkanes of at least 4 members (excludes halogenated alkanes) is 2. The lowest BCUT2D eigenvalue weighted by molar-refractivity contribution is -0.140. The SMILES string of the molecule is CCCCC[C@@H](O)C=Cc1cccc(C=C[C@@H](O)[C@@H](O)CCCC(=O)OC)c1. The zero-order valence-electron chi connectivity index (χ0n) is 17.0. The molecular formula is C23H34O5. The number of aliphatic hydroxyl groups excluding tert-OH is 3. The Hall–Kier alpha value is -1.95. The van der Waals surface area contributed by atoms with E-state index >= 15 is 0 Å². The predicted octanol–water partition coefficient (Wildman–Crippen LogP) is 3.72. The summed E-state index contributed by atoms with van der Waals surface area (Å²) in [7, 11) is 1.33. The number of aliphatic hydroxyl groups is 3. The van der Waals surface area contributed by atoms with Gasteiger partial charge < -0.3 is 20.1 Å². The topological polar surface area (TPSA) is 87.0 Å². The lowest BCUT2D eigenvalue weighted by Crippen LogP contribution is -2.23. The van der Waals surface area contributed by atoms with Crippen molar-refractivity contribution in [3.63, 3.8) is 0 Å². The molecule has 0 aromatic heterocycles. The van der Waals surface area contributed by atoms with Gasteiger partial charge in [-0.15, -0.1) is 0 Å². The predicted molar refractivity (Wildman–Crippen MR) is 113 cm³/mol. The molecule has 0 unspecified atom stereocenters. The van der Waals surface area contributed by atoms with Crippen LogP contribution in [0.3, 0.4) is 0 Å². The Balaban J connectivity index is 2.52. The van der Waals surface area contributed by atoms with Crippen LogP contribution >= 0.6 is 0 Å². The molecule has 0 saturated heterocycles. The number of methoxy groups -OCH3 is 1. The van der Waals surface area contributed by atoms with Gasteiger partial charge in [0.25, 0.3) is 0 Å². The summed E-state index contributed by atoms with van der Waals surface area (Å²) in [5.41, 5.74) is 1.85. The summed E-state index contributed by atoms with van der Waals surface area (Å²) in [5.74, 6) is -0.322. The number of carbonyl (C=O) groups is 1. The molecule has 5 heteroatoms. The molecule has 0 saturated carbocycles. The molecule has 1 aromatic rings. The quantitative estimate of drug-likeness (QED) is 0.353. The van der Waals surface area contributed by atoms with Gasteiger partial charge in [-0.2, -0.15) is 0 Å². The molecule has 0 aliphatic carbocycles. The molecule has 0 spiro atoms. The fraction of sp³-hybridized carbons (Fsp3) is 0.522. The van der Waals surface area contributed by atoms with Crippen LogP contribution in [0.2, 0.25) is 0 Å². The summed E-state index contributed by atoms with van der Waals surface area (Å²) >= 11 is 0. The van der Waals surface area contributed by atoms with Gasteiger partial charge in [0.15, 0.2) is 0 Å². The van der Waals surface area contributed by atoms with Crippen LogP contribution in [0.15, 0.2) is 36.4 Å². The first-order chi connectivity index (χ1) is 13.5. The van der Waals surface area contributed by atoms with E-state index in [1.54, 1.807) is 18.2 Å². The van der Waals surface area contributed by atoms with Gasteiger partial charge in [-0.3, -0.25) is 4.79 Å². The van der Waals surface area contributed by atoms with E-state index in [2.05, 4.69) is 11.7 Å². The highest BCUT2D eigenvalue weighted by molar-refractivity contribution is 5.69. The summed E-state index contributed by atoms with van der Waals surface area (Å²) in [6, 6.07) is 7.71. The second-order valence-electron chi connectivity index (χ2n) is 6.98. The molecule has 0 fully saturated rings. The van der Waals surface area contributed by atoms with Crippen molar-refractivity contribution in [2.75, 3.05) is 7.11 Å². The Morgan fingerprint density at radius 2 is 1.71 bits per heavy atom. The Kier molecular flexibility index (Phi) is 12.1. The van der Waals surface area contributed by atoms with E-state index in [0.29, 0.717) is 12.8 Å². The van der Waals surface area contributed by atoms with Crippen LogP contribution < -0.4 is 0 Å². The maximum atomic E-state index is 11.1. The Labute approximate surface area is 168 Å². The van der Waals surface area contributed by atoms with Gasteiger partial charge in [0.05, 0.1) is 25.4 Å².